The number of nitrogens with zero attached hydrogens (tertiary/aromatic N) is 4. The van der Waals surface area contributed by atoms with Gasteiger partial charge in [0.25, 0.3) is 0 Å². The van der Waals surface area contributed by atoms with Gasteiger partial charge in [0.15, 0.2) is 6.29 Å². The van der Waals surface area contributed by atoms with Crippen LogP contribution in [0, 0.1) is 0 Å². The largest absolute Gasteiger partial charge is 0.341 e. The van der Waals surface area contributed by atoms with Crippen LogP contribution in [0.5, 0.6) is 0 Å². The van der Waals surface area contributed by atoms with Gasteiger partial charge in [-0.3, -0.25) is 9.78 Å². The lowest BCUT2D eigenvalue weighted by Crippen LogP contribution is -1.99. The minimum atomic E-state index is 0.619. The standard InChI is InChI=1S/C18H14N4O/c23-13-15-12-21(17-3-1-8-19-18(15)17)11-14-4-6-16(7-5-14)22-10-2-9-20-22/h1-10,12-13H,11H2. The maximum atomic E-state index is 11.2. The van der Waals surface area contributed by atoms with Gasteiger partial charge in [0.1, 0.15) is 0 Å². The lowest BCUT2D eigenvalue weighted by molar-refractivity contribution is 0.112. The molecule has 0 fully saturated rings. The molecule has 0 saturated heterocycles. The summed E-state index contributed by atoms with van der Waals surface area (Å²) in [4.78, 5) is 15.5. The summed E-state index contributed by atoms with van der Waals surface area (Å²) in [5.74, 6) is 0. The Morgan fingerprint density at radius 3 is 2.65 bits per heavy atom. The highest BCUT2D eigenvalue weighted by Gasteiger charge is 2.09. The molecule has 0 unspecified atom stereocenters. The number of fused-ring (bicyclic) bond motifs is 1. The Labute approximate surface area is 132 Å². The van der Waals surface area contributed by atoms with Crippen molar-refractivity contribution in [3.63, 3.8) is 0 Å². The smallest absolute Gasteiger partial charge is 0.153 e. The van der Waals surface area contributed by atoms with Gasteiger partial charge in [-0.25, -0.2) is 4.68 Å². The van der Waals surface area contributed by atoms with Crippen molar-refractivity contribution in [1.29, 1.82) is 0 Å². The van der Waals surface area contributed by atoms with Crippen LogP contribution in [0.25, 0.3) is 16.7 Å². The van der Waals surface area contributed by atoms with Crippen LogP contribution in [0.15, 0.2) is 67.3 Å². The molecule has 0 spiro atoms. The second-order valence-electron chi connectivity index (χ2n) is 5.32. The summed E-state index contributed by atoms with van der Waals surface area (Å²) in [5.41, 5.74) is 4.50. The molecule has 0 radical (unpaired) electrons. The maximum absolute atomic E-state index is 11.2. The third-order valence-electron chi connectivity index (χ3n) is 3.85. The Balaban J connectivity index is 1.67. The van der Waals surface area contributed by atoms with Crippen molar-refractivity contribution < 1.29 is 4.79 Å². The van der Waals surface area contributed by atoms with Gasteiger partial charge in [0.05, 0.1) is 22.3 Å². The fourth-order valence-corrected chi connectivity index (χ4v) is 2.74. The molecule has 0 N–H and O–H groups in total. The third kappa shape index (κ3) is 2.42. The molecular weight excluding hydrogens is 288 g/mol. The molecule has 5 heteroatoms. The van der Waals surface area contributed by atoms with Crippen LogP contribution < -0.4 is 0 Å². The van der Waals surface area contributed by atoms with E-state index in [1.165, 1.54) is 0 Å². The zero-order chi connectivity index (χ0) is 15.6. The Morgan fingerprint density at radius 1 is 1.04 bits per heavy atom. The molecule has 0 aliphatic rings. The molecule has 3 heterocycles. The van der Waals surface area contributed by atoms with Gasteiger partial charge in [-0.2, -0.15) is 5.10 Å². The molecule has 0 bridgehead atoms. The molecule has 0 amide bonds. The van der Waals surface area contributed by atoms with Gasteiger partial charge >= 0.3 is 0 Å². The lowest BCUT2D eigenvalue weighted by atomic mass is 10.2. The minimum Gasteiger partial charge on any atom is -0.341 e. The predicted molar refractivity (Wildman–Crippen MR) is 87.8 cm³/mol. The van der Waals surface area contributed by atoms with E-state index in [1.54, 1.807) is 12.4 Å². The summed E-state index contributed by atoms with van der Waals surface area (Å²) in [6.45, 7) is 0.690. The number of aldehydes is 1. The van der Waals surface area contributed by atoms with Crippen LogP contribution in [0.4, 0.5) is 0 Å². The number of aromatic nitrogens is 4. The lowest BCUT2D eigenvalue weighted by Gasteiger charge is -2.07. The van der Waals surface area contributed by atoms with E-state index in [1.807, 2.05) is 47.4 Å². The van der Waals surface area contributed by atoms with Crippen molar-refractivity contribution >= 4 is 17.3 Å². The Kier molecular flexibility index (Phi) is 3.24. The van der Waals surface area contributed by atoms with Crippen LogP contribution in [-0.4, -0.2) is 25.6 Å². The summed E-state index contributed by atoms with van der Waals surface area (Å²) in [5, 5.41) is 4.22. The van der Waals surface area contributed by atoms with Gasteiger partial charge in [0.2, 0.25) is 0 Å². The average Bonchev–Trinajstić information content (AvgIpc) is 3.24. The normalized spacial score (nSPS) is 11.0. The van der Waals surface area contributed by atoms with E-state index in [0.717, 1.165) is 28.6 Å². The average molecular weight is 302 g/mol. The van der Waals surface area contributed by atoms with Crippen molar-refractivity contribution in [2.75, 3.05) is 0 Å². The highest BCUT2D eigenvalue weighted by atomic mass is 16.1. The first-order valence-corrected chi connectivity index (χ1v) is 7.33. The van der Waals surface area contributed by atoms with E-state index in [0.29, 0.717) is 12.1 Å². The first kappa shape index (κ1) is 13.5. The van der Waals surface area contributed by atoms with Crippen LogP contribution in [-0.2, 0) is 6.54 Å². The minimum absolute atomic E-state index is 0.619. The van der Waals surface area contributed by atoms with Crippen molar-refractivity contribution in [2.45, 2.75) is 6.54 Å². The highest BCUT2D eigenvalue weighted by molar-refractivity contribution is 5.94. The van der Waals surface area contributed by atoms with Crippen LogP contribution in [0.3, 0.4) is 0 Å². The molecule has 4 rings (SSSR count). The summed E-state index contributed by atoms with van der Waals surface area (Å²) in [6.07, 6.45) is 8.08. The zero-order valence-electron chi connectivity index (χ0n) is 12.3. The molecule has 0 aliphatic carbocycles. The summed E-state index contributed by atoms with van der Waals surface area (Å²) >= 11 is 0. The van der Waals surface area contributed by atoms with Gasteiger partial charge < -0.3 is 4.57 Å². The molecule has 1 aromatic carbocycles. The second kappa shape index (κ2) is 5.53. The number of rotatable bonds is 4. The van der Waals surface area contributed by atoms with Gasteiger partial charge in [-0.1, -0.05) is 12.1 Å². The number of benzene rings is 1. The van der Waals surface area contributed by atoms with Crippen molar-refractivity contribution in [3.05, 3.63) is 78.4 Å². The fraction of sp³-hybridized carbons (Fsp3) is 0.0556. The quantitative estimate of drug-likeness (QED) is 0.544. The van der Waals surface area contributed by atoms with Crippen LogP contribution in [0.2, 0.25) is 0 Å². The maximum Gasteiger partial charge on any atom is 0.153 e. The van der Waals surface area contributed by atoms with Crippen molar-refractivity contribution in [1.82, 2.24) is 19.3 Å². The molecule has 23 heavy (non-hydrogen) atoms. The SMILES string of the molecule is O=Cc1cn(Cc2ccc(-n3cccn3)cc2)c2cccnc12. The highest BCUT2D eigenvalue weighted by Crippen LogP contribution is 2.19. The molecular formula is C18H14N4O. The molecule has 3 aromatic heterocycles. The molecule has 4 aromatic rings. The number of carbonyl (C=O) groups excluding carboxylic acids is 1. The molecule has 0 saturated carbocycles. The van der Waals surface area contributed by atoms with E-state index in [4.69, 9.17) is 0 Å². The molecule has 112 valence electrons. The number of hydrogen-bond acceptors (Lipinski definition) is 3. The number of carbonyl (C=O) groups is 1. The monoisotopic (exact) mass is 302 g/mol. The Morgan fingerprint density at radius 2 is 1.91 bits per heavy atom. The van der Waals surface area contributed by atoms with E-state index in [2.05, 4.69) is 26.8 Å². The van der Waals surface area contributed by atoms with Crippen molar-refractivity contribution in [3.8, 4) is 5.69 Å². The molecule has 0 aliphatic heterocycles. The van der Waals surface area contributed by atoms with Gasteiger partial charge in [-0.05, 0) is 35.9 Å². The topological polar surface area (TPSA) is 52.7 Å². The molecule has 5 nitrogen and oxygen atoms in total. The first-order chi connectivity index (χ1) is 11.3. The summed E-state index contributed by atoms with van der Waals surface area (Å²) in [7, 11) is 0. The Bertz CT molecular complexity index is 953. The number of pyridine rings is 1. The van der Waals surface area contributed by atoms with Crippen LogP contribution >= 0.6 is 0 Å². The fourth-order valence-electron chi connectivity index (χ4n) is 2.74. The third-order valence-corrected chi connectivity index (χ3v) is 3.85. The summed E-state index contributed by atoms with van der Waals surface area (Å²) < 4.78 is 3.87. The van der Waals surface area contributed by atoms with Gasteiger partial charge in [-0.15, -0.1) is 0 Å². The number of hydrogen-bond donors (Lipinski definition) is 0. The van der Waals surface area contributed by atoms with Crippen molar-refractivity contribution in [2.24, 2.45) is 0 Å². The molecule has 0 atom stereocenters. The summed E-state index contributed by atoms with van der Waals surface area (Å²) in [6, 6.07) is 14.0. The first-order valence-electron chi connectivity index (χ1n) is 7.33. The van der Waals surface area contributed by atoms with Gasteiger partial charge in [0, 0.05) is 31.3 Å². The van der Waals surface area contributed by atoms with E-state index < -0.39 is 0 Å². The Hall–Kier alpha value is -3.21. The van der Waals surface area contributed by atoms with E-state index >= 15 is 0 Å². The van der Waals surface area contributed by atoms with E-state index in [-0.39, 0.29) is 0 Å². The zero-order valence-corrected chi connectivity index (χ0v) is 12.3. The van der Waals surface area contributed by atoms with E-state index in [9.17, 15) is 4.79 Å². The predicted octanol–water partition coefficient (Wildman–Crippen LogP) is 3.08. The van der Waals surface area contributed by atoms with Crippen LogP contribution in [0.1, 0.15) is 15.9 Å². The second-order valence-corrected chi connectivity index (χ2v) is 5.32.